The number of alkyl halides is 3. The Labute approximate surface area is 224 Å². The molecular formula is C27H29Cl2F3N2O3. The number of nitrogens with zero attached hydrogens (tertiary/aromatic N) is 2. The number of rotatable bonds is 6. The lowest BCUT2D eigenvalue weighted by atomic mass is 9.67. The standard InChI is InChI=1S/C27H29Cl2F3N2O3/c1-26(14-23(35)36)13-22(18-4-2-5-20(29)12-18)24(17-7-9-19(28)10-8-17)34(25(26)37)21-6-3-11-33(15-21)16-27(30,31)32/h2,4-5,7-10,12,21-22,24H,3,6,11,13-16H2,1H3,(H,35,36)/t21-,22+,24+,26+/m0/s1. The molecule has 1 amide bonds. The molecule has 2 saturated heterocycles. The molecule has 0 aliphatic carbocycles. The normalized spacial score (nSPS) is 27.4. The number of carboxylic acids is 1. The van der Waals surface area contributed by atoms with Gasteiger partial charge in [-0.15, -0.1) is 0 Å². The van der Waals surface area contributed by atoms with Gasteiger partial charge in [0.25, 0.3) is 0 Å². The Balaban J connectivity index is 1.83. The molecule has 0 saturated carbocycles. The molecule has 37 heavy (non-hydrogen) atoms. The Morgan fingerprint density at radius 2 is 1.81 bits per heavy atom. The molecule has 10 heteroatoms. The van der Waals surface area contributed by atoms with Crippen LogP contribution in [0.15, 0.2) is 48.5 Å². The van der Waals surface area contributed by atoms with Crippen LogP contribution in [-0.2, 0) is 9.59 Å². The fourth-order valence-electron chi connectivity index (χ4n) is 5.94. The van der Waals surface area contributed by atoms with Crippen molar-refractivity contribution in [3.05, 3.63) is 69.7 Å². The number of carbonyl (C=O) groups excluding carboxylic acids is 1. The second-order valence-electron chi connectivity index (χ2n) is 10.4. The van der Waals surface area contributed by atoms with Crippen LogP contribution in [0.2, 0.25) is 10.0 Å². The van der Waals surface area contributed by atoms with E-state index in [1.807, 2.05) is 18.2 Å². The second-order valence-corrected chi connectivity index (χ2v) is 11.2. The van der Waals surface area contributed by atoms with Gasteiger partial charge in [0.15, 0.2) is 0 Å². The molecule has 4 atom stereocenters. The first kappa shape index (κ1) is 27.7. The number of halogens is 5. The average molecular weight is 557 g/mol. The molecule has 0 spiro atoms. The maximum Gasteiger partial charge on any atom is 0.401 e. The largest absolute Gasteiger partial charge is 0.481 e. The highest BCUT2D eigenvalue weighted by molar-refractivity contribution is 6.30. The monoisotopic (exact) mass is 556 g/mol. The van der Waals surface area contributed by atoms with Crippen LogP contribution in [0.1, 0.15) is 55.7 Å². The molecule has 2 aliphatic rings. The Bertz CT molecular complexity index is 1140. The molecule has 0 aromatic heterocycles. The molecular weight excluding hydrogens is 528 g/mol. The van der Waals surface area contributed by atoms with Crippen LogP contribution in [0.5, 0.6) is 0 Å². The van der Waals surface area contributed by atoms with Gasteiger partial charge in [-0.2, -0.15) is 13.2 Å². The van der Waals surface area contributed by atoms with E-state index in [-0.39, 0.29) is 37.8 Å². The molecule has 200 valence electrons. The molecule has 2 aliphatic heterocycles. The summed E-state index contributed by atoms with van der Waals surface area (Å²) in [6, 6.07) is 13.3. The van der Waals surface area contributed by atoms with Gasteiger partial charge in [0, 0.05) is 28.5 Å². The van der Waals surface area contributed by atoms with E-state index in [0.717, 1.165) is 11.1 Å². The first-order valence-electron chi connectivity index (χ1n) is 12.2. The highest BCUT2D eigenvalue weighted by Crippen LogP contribution is 2.52. The molecule has 1 N–H and O–H groups in total. The third-order valence-corrected chi connectivity index (χ3v) is 7.90. The van der Waals surface area contributed by atoms with Gasteiger partial charge in [-0.1, -0.05) is 54.4 Å². The van der Waals surface area contributed by atoms with Crippen molar-refractivity contribution in [1.82, 2.24) is 9.80 Å². The van der Waals surface area contributed by atoms with Gasteiger partial charge in [-0.05, 0) is 61.2 Å². The van der Waals surface area contributed by atoms with Crippen molar-refractivity contribution in [2.24, 2.45) is 5.41 Å². The summed E-state index contributed by atoms with van der Waals surface area (Å²) >= 11 is 12.5. The second kappa shape index (κ2) is 10.8. The van der Waals surface area contributed by atoms with Crippen molar-refractivity contribution in [3.8, 4) is 0 Å². The maximum atomic E-state index is 14.1. The lowest BCUT2D eigenvalue weighted by Crippen LogP contribution is -2.60. The van der Waals surface area contributed by atoms with Crippen molar-refractivity contribution < 1.29 is 27.9 Å². The number of piperidine rings is 2. The molecule has 4 rings (SSSR count). The smallest absolute Gasteiger partial charge is 0.401 e. The number of likely N-dealkylation sites (tertiary alicyclic amines) is 2. The van der Waals surface area contributed by atoms with E-state index in [0.29, 0.717) is 22.9 Å². The average Bonchev–Trinajstić information content (AvgIpc) is 2.80. The van der Waals surface area contributed by atoms with E-state index in [2.05, 4.69) is 0 Å². The van der Waals surface area contributed by atoms with Gasteiger partial charge in [-0.25, -0.2) is 0 Å². The molecule has 0 bridgehead atoms. The lowest BCUT2D eigenvalue weighted by Gasteiger charge is -2.53. The van der Waals surface area contributed by atoms with Crippen LogP contribution < -0.4 is 0 Å². The quantitative estimate of drug-likeness (QED) is 0.437. The van der Waals surface area contributed by atoms with E-state index in [4.69, 9.17) is 23.2 Å². The van der Waals surface area contributed by atoms with Crippen molar-refractivity contribution in [2.75, 3.05) is 19.6 Å². The summed E-state index contributed by atoms with van der Waals surface area (Å²) in [7, 11) is 0. The lowest BCUT2D eigenvalue weighted by molar-refractivity contribution is -0.166. The molecule has 0 unspecified atom stereocenters. The minimum Gasteiger partial charge on any atom is -0.481 e. The van der Waals surface area contributed by atoms with E-state index in [1.165, 1.54) is 4.90 Å². The predicted octanol–water partition coefficient (Wildman–Crippen LogP) is 6.56. The summed E-state index contributed by atoms with van der Waals surface area (Å²) in [4.78, 5) is 29.0. The Morgan fingerprint density at radius 3 is 2.43 bits per heavy atom. The van der Waals surface area contributed by atoms with Gasteiger partial charge < -0.3 is 10.0 Å². The van der Waals surface area contributed by atoms with Crippen LogP contribution >= 0.6 is 23.2 Å². The summed E-state index contributed by atoms with van der Waals surface area (Å²) < 4.78 is 39.7. The number of aliphatic carboxylic acids is 1. The van der Waals surface area contributed by atoms with E-state index in [1.54, 1.807) is 42.2 Å². The summed E-state index contributed by atoms with van der Waals surface area (Å²) in [5, 5.41) is 10.7. The van der Waals surface area contributed by atoms with Gasteiger partial charge in [0.2, 0.25) is 5.91 Å². The van der Waals surface area contributed by atoms with Crippen LogP contribution in [0.3, 0.4) is 0 Å². The van der Waals surface area contributed by atoms with Crippen LogP contribution in [0, 0.1) is 5.41 Å². The predicted molar refractivity (Wildman–Crippen MR) is 136 cm³/mol. The van der Waals surface area contributed by atoms with Crippen LogP contribution in [0.4, 0.5) is 13.2 Å². The van der Waals surface area contributed by atoms with Gasteiger partial charge in [0.1, 0.15) is 0 Å². The zero-order chi connectivity index (χ0) is 27.0. The first-order valence-corrected chi connectivity index (χ1v) is 13.0. The van der Waals surface area contributed by atoms with Crippen LogP contribution in [-0.4, -0.2) is 58.6 Å². The summed E-state index contributed by atoms with van der Waals surface area (Å²) in [6.07, 6.45) is -3.47. The van der Waals surface area contributed by atoms with Gasteiger partial charge in [0.05, 0.1) is 24.4 Å². The minimum absolute atomic E-state index is 0.0563. The molecule has 5 nitrogen and oxygen atoms in total. The molecule has 2 aromatic carbocycles. The molecule has 2 heterocycles. The van der Waals surface area contributed by atoms with Crippen molar-refractivity contribution in [2.45, 2.75) is 56.8 Å². The summed E-state index contributed by atoms with van der Waals surface area (Å²) in [6.45, 7) is 0.929. The highest BCUT2D eigenvalue weighted by Gasteiger charge is 2.53. The third-order valence-electron chi connectivity index (χ3n) is 7.41. The fraction of sp³-hybridized carbons (Fsp3) is 0.481. The van der Waals surface area contributed by atoms with E-state index < -0.39 is 36.2 Å². The molecule has 0 radical (unpaired) electrons. The number of amides is 1. The number of hydrogen-bond acceptors (Lipinski definition) is 3. The van der Waals surface area contributed by atoms with Crippen LogP contribution in [0.25, 0.3) is 0 Å². The Morgan fingerprint density at radius 1 is 1.11 bits per heavy atom. The SMILES string of the molecule is C[C@]1(CC(=O)O)C[C@H](c2cccc(Cl)c2)[C@@H](c2ccc(Cl)cc2)N([C@H]2CCCN(CC(F)(F)F)C2)C1=O. The number of carbonyl (C=O) groups is 2. The van der Waals surface area contributed by atoms with E-state index in [9.17, 15) is 27.9 Å². The number of benzene rings is 2. The zero-order valence-electron chi connectivity index (χ0n) is 20.3. The minimum atomic E-state index is -4.36. The zero-order valence-corrected chi connectivity index (χ0v) is 21.9. The number of carboxylic acid groups (broad SMARTS) is 1. The Hall–Kier alpha value is -2.29. The number of hydrogen-bond donors (Lipinski definition) is 1. The van der Waals surface area contributed by atoms with Gasteiger partial charge in [-0.3, -0.25) is 14.5 Å². The fourth-order valence-corrected chi connectivity index (χ4v) is 6.26. The summed E-state index contributed by atoms with van der Waals surface area (Å²) in [5.41, 5.74) is 0.381. The topological polar surface area (TPSA) is 60.9 Å². The highest BCUT2D eigenvalue weighted by atomic mass is 35.5. The van der Waals surface area contributed by atoms with E-state index >= 15 is 0 Å². The van der Waals surface area contributed by atoms with Crippen molar-refractivity contribution in [1.29, 1.82) is 0 Å². The molecule has 2 aromatic rings. The Kier molecular flexibility index (Phi) is 8.12. The third kappa shape index (κ3) is 6.41. The summed E-state index contributed by atoms with van der Waals surface area (Å²) in [5.74, 6) is -1.79. The van der Waals surface area contributed by atoms with Crippen molar-refractivity contribution >= 4 is 35.1 Å². The van der Waals surface area contributed by atoms with Crippen molar-refractivity contribution in [3.63, 3.8) is 0 Å². The maximum absolute atomic E-state index is 14.1. The first-order chi connectivity index (χ1) is 17.4. The van der Waals surface area contributed by atoms with Gasteiger partial charge >= 0.3 is 12.1 Å². The molecule has 2 fully saturated rings.